The standard InChI is InChI=1S/C21H25N3O/c1-23-13-6-7-14(23)9-21(8-13)10-17(20(21)25)19-16-5-3-2-4-15(16)18-11-22-12-24(18)19/h2-5,11-14,17,19-20,25H,6-10H2,1H3/t13-,14+,17-,19-,20+,21?/m1/s1. The van der Waals surface area contributed by atoms with E-state index < -0.39 is 0 Å². The molecule has 4 nitrogen and oxygen atoms in total. The minimum absolute atomic E-state index is 0.168. The molecule has 2 saturated heterocycles. The molecule has 130 valence electrons. The van der Waals surface area contributed by atoms with Crippen LogP contribution in [0.25, 0.3) is 11.3 Å². The Morgan fingerprint density at radius 2 is 1.88 bits per heavy atom. The molecule has 1 spiro atoms. The Morgan fingerprint density at radius 1 is 1.12 bits per heavy atom. The highest BCUT2D eigenvalue weighted by Crippen LogP contribution is 2.62. The molecular formula is C21H25N3O. The van der Waals surface area contributed by atoms with Crippen LogP contribution in [0, 0.1) is 11.3 Å². The van der Waals surface area contributed by atoms with Crippen LogP contribution in [0.1, 0.15) is 43.7 Å². The highest BCUT2D eigenvalue weighted by Gasteiger charge is 2.61. The normalized spacial score (nSPS) is 41.6. The van der Waals surface area contributed by atoms with E-state index in [1.54, 1.807) is 0 Å². The van der Waals surface area contributed by atoms with Crippen molar-refractivity contribution >= 4 is 0 Å². The van der Waals surface area contributed by atoms with Gasteiger partial charge < -0.3 is 14.6 Å². The van der Waals surface area contributed by atoms with E-state index in [0.717, 1.165) is 6.42 Å². The lowest BCUT2D eigenvalue weighted by Gasteiger charge is -2.59. The molecule has 0 amide bonds. The van der Waals surface area contributed by atoms with E-state index in [4.69, 9.17) is 0 Å². The van der Waals surface area contributed by atoms with E-state index >= 15 is 0 Å². The van der Waals surface area contributed by atoms with Crippen molar-refractivity contribution in [3.8, 4) is 11.3 Å². The second kappa shape index (κ2) is 4.74. The smallest absolute Gasteiger partial charge is 0.0956 e. The van der Waals surface area contributed by atoms with Crippen molar-refractivity contribution < 1.29 is 5.11 Å². The van der Waals surface area contributed by atoms with E-state index in [1.165, 1.54) is 42.5 Å². The van der Waals surface area contributed by atoms with E-state index in [1.807, 2.05) is 12.5 Å². The molecule has 3 aliphatic heterocycles. The van der Waals surface area contributed by atoms with Crippen molar-refractivity contribution in [3.05, 3.63) is 42.4 Å². The van der Waals surface area contributed by atoms with Gasteiger partial charge in [-0.25, -0.2) is 4.98 Å². The summed E-state index contributed by atoms with van der Waals surface area (Å²) in [4.78, 5) is 6.96. The number of benzene rings is 1. The number of aromatic nitrogens is 2. The van der Waals surface area contributed by atoms with Crippen LogP contribution in [-0.4, -0.2) is 44.8 Å². The van der Waals surface area contributed by atoms with Crippen LogP contribution in [0.5, 0.6) is 0 Å². The molecule has 1 saturated carbocycles. The molecule has 25 heavy (non-hydrogen) atoms. The first-order chi connectivity index (χ1) is 12.2. The number of piperidine rings is 1. The maximum absolute atomic E-state index is 11.3. The molecule has 6 atom stereocenters. The third-order valence-electron chi connectivity index (χ3n) is 7.87. The van der Waals surface area contributed by atoms with Crippen molar-refractivity contribution in [2.75, 3.05) is 7.05 Å². The second-order valence-electron chi connectivity index (χ2n) is 8.85. The van der Waals surface area contributed by atoms with Crippen molar-refractivity contribution in [3.63, 3.8) is 0 Å². The summed E-state index contributed by atoms with van der Waals surface area (Å²) in [5.41, 5.74) is 4.04. The molecular weight excluding hydrogens is 310 g/mol. The van der Waals surface area contributed by atoms with Gasteiger partial charge in [-0.2, -0.15) is 0 Å². The lowest BCUT2D eigenvalue weighted by atomic mass is 9.52. The average Bonchev–Trinajstić information content (AvgIpc) is 3.25. The highest BCUT2D eigenvalue weighted by molar-refractivity contribution is 5.69. The minimum Gasteiger partial charge on any atom is -0.392 e. The molecule has 1 unspecified atom stereocenters. The van der Waals surface area contributed by atoms with Crippen molar-refractivity contribution in [2.45, 2.75) is 56.3 Å². The van der Waals surface area contributed by atoms with Crippen LogP contribution in [0.15, 0.2) is 36.8 Å². The molecule has 1 aliphatic carbocycles. The van der Waals surface area contributed by atoms with Gasteiger partial charge in [0.1, 0.15) is 0 Å². The van der Waals surface area contributed by atoms with E-state index in [2.05, 4.69) is 45.8 Å². The second-order valence-corrected chi connectivity index (χ2v) is 8.85. The Morgan fingerprint density at radius 3 is 2.64 bits per heavy atom. The number of imidazole rings is 1. The fraction of sp³-hybridized carbons (Fsp3) is 0.571. The summed E-state index contributed by atoms with van der Waals surface area (Å²) in [6.07, 6.45) is 9.90. The molecule has 4 heteroatoms. The number of aliphatic hydroxyl groups is 1. The van der Waals surface area contributed by atoms with Gasteiger partial charge in [0.2, 0.25) is 0 Å². The van der Waals surface area contributed by atoms with Crippen LogP contribution >= 0.6 is 0 Å². The van der Waals surface area contributed by atoms with Crippen LogP contribution in [0.4, 0.5) is 0 Å². The van der Waals surface area contributed by atoms with Gasteiger partial charge >= 0.3 is 0 Å². The van der Waals surface area contributed by atoms with Crippen molar-refractivity contribution in [1.29, 1.82) is 0 Å². The zero-order valence-electron chi connectivity index (χ0n) is 14.7. The third kappa shape index (κ3) is 1.72. The molecule has 2 aromatic rings. The zero-order valence-corrected chi connectivity index (χ0v) is 14.7. The molecule has 4 aliphatic rings. The summed E-state index contributed by atoms with van der Waals surface area (Å²) in [5.74, 6) is 0.319. The average molecular weight is 335 g/mol. The number of fused-ring (bicyclic) bond motifs is 5. The Bertz CT molecular complexity index is 829. The van der Waals surface area contributed by atoms with Crippen LogP contribution in [-0.2, 0) is 0 Å². The Hall–Kier alpha value is -1.65. The quantitative estimate of drug-likeness (QED) is 0.871. The lowest BCUT2D eigenvalue weighted by Crippen LogP contribution is -2.61. The summed E-state index contributed by atoms with van der Waals surface area (Å²) in [6, 6.07) is 10.3. The van der Waals surface area contributed by atoms with Crippen molar-refractivity contribution in [2.24, 2.45) is 11.3 Å². The molecule has 2 bridgehead atoms. The molecule has 3 fully saturated rings. The Kier molecular flexibility index (Phi) is 2.75. The fourth-order valence-corrected chi connectivity index (χ4v) is 6.60. The summed E-state index contributed by atoms with van der Waals surface area (Å²) in [7, 11) is 2.28. The monoisotopic (exact) mass is 335 g/mol. The minimum atomic E-state index is -0.185. The SMILES string of the molecule is CN1[C@@H]2CC[C@H]1CC1(C[C@H]([C@H]3c4ccccc4-c4cncn43)[C@@H]1O)C2. The molecule has 0 radical (unpaired) electrons. The van der Waals surface area contributed by atoms with Gasteiger partial charge in [-0.3, -0.25) is 0 Å². The van der Waals surface area contributed by atoms with Gasteiger partial charge in [0.15, 0.2) is 0 Å². The van der Waals surface area contributed by atoms with Gasteiger partial charge in [0.05, 0.1) is 30.4 Å². The van der Waals surface area contributed by atoms with Gasteiger partial charge in [-0.05, 0) is 44.7 Å². The number of hydrogen-bond donors (Lipinski definition) is 1. The third-order valence-corrected chi connectivity index (χ3v) is 7.87. The number of hydrogen-bond acceptors (Lipinski definition) is 3. The van der Waals surface area contributed by atoms with E-state index in [9.17, 15) is 5.11 Å². The zero-order chi connectivity index (χ0) is 16.8. The van der Waals surface area contributed by atoms with Gasteiger partial charge in [-0.1, -0.05) is 24.3 Å². The highest BCUT2D eigenvalue weighted by atomic mass is 16.3. The first kappa shape index (κ1) is 14.5. The van der Waals surface area contributed by atoms with Gasteiger partial charge in [-0.15, -0.1) is 0 Å². The summed E-state index contributed by atoms with van der Waals surface area (Å²) in [5, 5.41) is 11.3. The van der Waals surface area contributed by atoms with E-state index in [-0.39, 0.29) is 17.6 Å². The summed E-state index contributed by atoms with van der Waals surface area (Å²) < 4.78 is 2.30. The molecule has 4 heterocycles. The van der Waals surface area contributed by atoms with Crippen LogP contribution in [0.2, 0.25) is 0 Å². The first-order valence-electron chi connectivity index (χ1n) is 9.69. The topological polar surface area (TPSA) is 41.3 Å². The summed E-state index contributed by atoms with van der Waals surface area (Å²) in [6.45, 7) is 0. The number of aliphatic hydroxyl groups excluding tert-OH is 1. The molecule has 6 rings (SSSR count). The molecule has 1 aromatic heterocycles. The lowest BCUT2D eigenvalue weighted by molar-refractivity contribution is -0.168. The van der Waals surface area contributed by atoms with E-state index in [0.29, 0.717) is 18.0 Å². The summed E-state index contributed by atoms with van der Waals surface area (Å²) >= 11 is 0. The maximum Gasteiger partial charge on any atom is 0.0956 e. The Balaban J connectivity index is 1.34. The maximum atomic E-state index is 11.3. The predicted molar refractivity (Wildman–Crippen MR) is 96.2 cm³/mol. The number of nitrogens with zero attached hydrogens (tertiary/aromatic N) is 3. The Labute approximate surface area is 148 Å². The van der Waals surface area contributed by atoms with Gasteiger partial charge in [0.25, 0.3) is 0 Å². The first-order valence-corrected chi connectivity index (χ1v) is 9.69. The van der Waals surface area contributed by atoms with Crippen LogP contribution < -0.4 is 0 Å². The number of rotatable bonds is 1. The largest absolute Gasteiger partial charge is 0.392 e. The molecule has 1 aromatic carbocycles. The molecule has 1 N–H and O–H groups in total. The fourth-order valence-electron chi connectivity index (χ4n) is 6.60. The van der Waals surface area contributed by atoms with Crippen molar-refractivity contribution in [1.82, 2.24) is 14.5 Å². The predicted octanol–water partition coefficient (Wildman–Crippen LogP) is 3.08. The van der Waals surface area contributed by atoms with Crippen LogP contribution in [0.3, 0.4) is 0 Å². The van der Waals surface area contributed by atoms with Gasteiger partial charge in [0, 0.05) is 29.0 Å².